The van der Waals surface area contributed by atoms with E-state index in [0.717, 1.165) is 37.2 Å². The Kier molecular flexibility index (Phi) is 6.21. The van der Waals surface area contributed by atoms with Gasteiger partial charge in [0.1, 0.15) is 0 Å². The Labute approximate surface area is 152 Å². The van der Waals surface area contributed by atoms with Crippen LogP contribution in [0.1, 0.15) is 40.6 Å². The third kappa shape index (κ3) is 3.88. The Balaban J connectivity index is 0.00000208. The van der Waals surface area contributed by atoms with Crippen LogP contribution in [-0.2, 0) is 0 Å². The Morgan fingerprint density at radius 3 is 2.71 bits per heavy atom. The third-order valence-corrected chi connectivity index (χ3v) is 4.63. The predicted octanol–water partition coefficient (Wildman–Crippen LogP) is 3.15. The van der Waals surface area contributed by atoms with Gasteiger partial charge >= 0.3 is 0 Å². The van der Waals surface area contributed by atoms with Crippen LogP contribution in [0.25, 0.3) is 0 Å². The van der Waals surface area contributed by atoms with Crippen LogP contribution in [-0.4, -0.2) is 34.0 Å². The zero-order valence-electron chi connectivity index (χ0n) is 13.7. The van der Waals surface area contributed by atoms with Gasteiger partial charge in [-0.1, -0.05) is 22.9 Å². The summed E-state index contributed by atoms with van der Waals surface area (Å²) in [5.41, 5.74) is 2.78. The number of benzene rings is 1. The minimum absolute atomic E-state index is 0. The van der Waals surface area contributed by atoms with Crippen LogP contribution in [0.2, 0.25) is 5.02 Å². The summed E-state index contributed by atoms with van der Waals surface area (Å²) in [6.45, 7) is 5.74. The molecular formula is C16H21Cl2N5O. The minimum atomic E-state index is -0.261. The summed E-state index contributed by atoms with van der Waals surface area (Å²) in [5.74, 6) is -0.261. The van der Waals surface area contributed by atoms with Crippen molar-refractivity contribution in [1.29, 1.82) is 0 Å². The Morgan fingerprint density at radius 2 is 2.04 bits per heavy atom. The van der Waals surface area contributed by atoms with E-state index >= 15 is 0 Å². The van der Waals surface area contributed by atoms with Gasteiger partial charge in [0.15, 0.2) is 5.69 Å². The van der Waals surface area contributed by atoms with Gasteiger partial charge in [-0.15, -0.1) is 17.5 Å². The number of nitrogens with one attached hydrogen (secondary N) is 2. The molecule has 3 rings (SSSR count). The molecule has 1 aromatic carbocycles. The van der Waals surface area contributed by atoms with Crippen molar-refractivity contribution in [3.05, 3.63) is 40.2 Å². The van der Waals surface area contributed by atoms with Crippen molar-refractivity contribution < 1.29 is 4.79 Å². The van der Waals surface area contributed by atoms with Crippen LogP contribution in [0.5, 0.6) is 0 Å². The van der Waals surface area contributed by atoms with Crippen molar-refractivity contribution in [2.24, 2.45) is 0 Å². The van der Waals surface area contributed by atoms with Crippen molar-refractivity contribution in [3.8, 4) is 0 Å². The number of rotatable bonds is 3. The van der Waals surface area contributed by atoms with Gasteiger partial charge in [0.25, 0.3) is 5.91 Å². The maximum Gasteiger partial charge on any atom is 0.278 e. The second-order valence-electron chi connectivity index (χ2n) is 5.87. The van der Waals surface area contributed by atoms with E-state index in [2.05, 4.69) is 20.9 Å². The normalized spacial score (nSPS) is 15.0. The fraction of sp³-hybridized carbons (Fsp3) is 0.438. The summed E-state index contributed by atoms with van der Waals surface area (Å²) in [6, 6.07) is 5.74. The molecule has 1 aliphatic heterocycles. The standard InChI is InChI=1S/C16H20ClN5O.ClH/c1-10-3-4-12(9-14(10)17)19-16(23)15-11(2)22(21-20-15)13-5-7-18-8-6-13;/h3-4,9,13,18H,5-8H2,1-2H3,(H,19,23);1H. The van der Waals surface area contributed by atoms with E-state index in [0.29, 0.717) is 22.4 Å². The molecule has 24 heavy (non-hydrogen) atoms. The molecule has 2 aromatic rings. The first-order valence-electron chi connectivity index (χ1n) is 7.76. The van der Waals surface area contributed by atoms with Gasteiger partial charge in [-0.05, 0) is 57.5 Å². The molecule has 1 aromatic heterocycles. The maximum atomic E-state index is 12.4. The first kappa shape index (κ1) is 18.7. The van der Waals surface area contributed by atoms with Crippen molar-refractivity contribution in [1.82, 2.24) is 20.3 Å². The van der Waals surface area contributed by atoms with E-state index in [4.69, 9.17) is 11.6 Å². The third-order valence-electron chi connectivity index (χ3n) is 4.23. The lowest BCUT2D eigenvalue weighted by Crippen LogP contribution is -2.30. The highest BCUT2D eigenvalue weighted by atomic mass is 35.5. The highest BCUT2D eigenvalue weighted by Gasteiger charge is 2.23. The number of anilines is 1. The number of aromatic nitrogens is 3. The van der Waals surface area contributed by atoms with E-state index in [1.54, 1.807) is 6.07 Å². The molecule has 2 heterocycles. The number of carbonyl (C=O) groups excluding carboxylic acids is 1. The highest BCUT2D eigenvalue weighted by molar-refractivity contribution is 6.31. The molecule has 1 amide bonds. The predicted molar refractivity (Wildman–Crippen MR) is 97.3 cm³/mol. The molecule has 0 spiro atoms. The van der Waals surface area contributed by atoms with Crippen molar-refractivity contribution >= 4 is 35.6 Å². The largest absolute Gasteiger partial charge is 0.320 e. The topological polar surface area (TPSA) is 71.8 Å². The lowest BCUT2D eigenvalue weighted by molar-refractivity contribution is 0.102. The molecule has 130 valence electrons. The molecule has 8 heteroatoms. The smallest absolute Gasteiger partial charge is 0.278 e. The molecule has 1 fully saturated rings. The van der Waals surface area contributed by atoms with E-state index in [-0.39, 0.29) is 18.3 Å². The number of aryl methyl sites for hydroxylation is 1. The van der Waals surface area contributed by atoms with Gasteiger partial charge in [0.05, 0.1) is 11.7 Å². The van der Waals surface area contributed by atoms with Crippen LogP contribution in [0.4, 0.5) is 5.69 Å². The molecule has 0 unspecified atom stereocenters. The Morgan fingerprint density at radius 1 is 1.33 bits per heavy atom. The van der Waals surface area contributed by atoms with Gasteiger partial charge in [0.2, 0.25) is 0 Å². The molecule has 2 N–H and O–H groups in total. The molecule has 0 saturated carbocycles. The Bertz CT molecular complexity index is 725. The lowest BCUT2D eigenvalue weighted by atomic mass is 10.1. The fourth-order valence-corrected chi connectivity index (χ4v) is 2.99. The zero-order valence-corrected chi connectivity index (χ0v) is 15.2. The first-order chi connectivity index (χ1) is 11.1. The fourth-order valence-electron chi connectivity index (χ4n) is 2.81. The summed E-state index contributed by atoms with van der Waals surface area (Å²) in [6.07, 6.45) is 2.00. The lowest BCUT2D eigenvalue weighted by Gasteiger charge is -2.23. The maximum absolute atomic E-state index is 12.4. The number of amides is 1. The van der Waals surface area contributed by atoms with E-state index in [1.165, 1.54) is 0 Å². The second-order valence-corrected chi connectivity index (χ2v) is 6.27. The zero-order chi connectivity index (χ0) is 16.4. The van der Waals surface area contributed by atoms with Crippen LogP contribution in [0.3, 0.4) is 0 Å². The van der Waals surface area contributed by atoms with Crippen LogP contribution in [0.15, 0.2) is 18.2 Å². The quantitative estimate of drug-likeness (QED) is 0.871. The van der Waals surface area contributed by atoms with E-state index < -0.39 is 0 Å². The molecule has 0 bridgehead atoms. The average molecular weight is 370 g/mol. The van der Waals surface area contributed by atoms with Crippen molar-refractivity contribution in [2.45, 2.75) is 32.7 Å². The Hall–Kier alpha value is -1.63. The number of piperidine rings is 1. The van der Waals surface area contributed by atoms with Crippen molar-refractivity contribution in [3.63, 3.8) is 0 Å². The first-order valence-corrected chi connectivity index (χ1v) is 8.14. The SMILES string of the molecule is Cc1ccc(NC(=O)c2nnn(C3CCNCC3)c2C)cc1Cl.Cl. The minimum Gasteiger partial charge on any atom is -0.320 e. The summed E-state index contributed by atoms with van der Waals surface area (Å²) in [4.78, 5) is 12.4. The summed E-state index contributed by atoms with van der Waals surface area (Å²) in [7, 11) is 0. The summed E-state index contributed by atoms with van der Waals surface area (Å²) < 4.78 is 1.87. The van der Waals surface area contributed by atoms with E-state index in [9.17, 15) is 4.79 Å². The highest BCUT2D eigenvalue weighted by Crippen LogP contribution is 2.22. The second kappa shape index (κ2) is 7.96. The molecule has 1 saturated heterocycles. The van der Waals surface area contributed by atoms with Crippen LogP contribution in [0, 0.1) is 13.8 Å². The van der Waals surface area contributed by atoms with Gasteiger partial charge in [-0.3, -0.25) is 4.79 Å². The number of hydrogen-bond acceptors (Lipinski definition) is 4. The number of halogens is 2. The van der Waals surface area contributed by atoms with Gasteiger partial charge in [-0.25, -0.2) is 4.68 Å². The van der Waals surface area contributed by atoms with E-state index in [1.807, 2.05) is 30.7 Å². The van der Waals surface area contributed by atoms with Gasteiger partial charge < -0.3 is 10.6 Å². The molecule has 1 aliphatic rings. The molecule has 0 radical (unpaired) electrons. The van der Waals surface area contributed by atoms with Gasteiger partial charge in [-0.2, -0.15) is 0 Å². The summed E-state index contributed by atoms with van der Waals surface area (Å²) >= 11 is 6.09. The van der Waals surface area contributed by atoms with Crippen LogP contribution >= 0.6 is 24.0 Å². The molecule has 0 atom stereocenters. The van der Waals surface area contributed by atoms with Gasteiger partial charge in [0, 0.05) is 10.7 Å². The monoisotopic (exact) mass is 369 g/mol. The molecular weight excluding hydrogens is 349 g/mol. The number of nitrogens with zero attached hydrogens (tertiary/aromatic N) is 3. The molecule has 0 aliphatic carbocycles. The number of carbonyl (C=O) groups is 1. The average Bonchev–Trinajstić information content (AvgIpc) is 2.93. The van der Waals surface area contributed by atoms with Crippen molar-refractivity contribution in [2.75, 3.05) is 18.4 Å². The summed E-state index contributed by atoms with van der Waals surface area (Å²) in [5, 5.41) is 15.0. The van der Waals surface area contributed by atoms with Crippen LogP contribution < -0.4 is 10.6 Å². The number of hydrogen-bond donors (Lipinski definition) is 2. The molecule has 6 nitrogen and oxygen atoms in total.